The highest BCUT2D eigenvalue weighted by molar-refractivity contribution is 4.93. The fourth-order valence-electron chi connectivity index (χ4n) is 3.60. The lowest BCUT2D eigenvalue weighted by atomic mass is 9.88. The SMILES string of the molecule is CN1CCOC(CN(C)C2(CN)CCCCCC2)C1. The molecule has 1 heterocycles. The van der Waals surface area contributed by atoms with E-state index in [1.807, 2.05) is 0 Å². The van der Waals surface area contributed by atoms with Gasteiger partial charge in [-0.1, -0.05) is 25.7 Å². The average Bonchev–Trinajstić information content (AvgIpc) is 2.65. The van der Waals surface area contributed by atoms with Gasteiger partial charge in [-0.05, 0) is 26.9 Å². The zero-order valence-electron chi connectivity index (χ0n) is 12.7. The molecule has 4 nitrogen and oxygen atoms in total. The summed E-state index contributed by atoms with van der Waals surface area (Å²) in [6, 6.07) is 0. The van der Waals surface area contributed by atoms with Crippen LogP contribution in [0.2, 0.25) is 0 Å². The molecule has 0 radical (unpaired) electrons. The van der Waals surface area contributed by atoms with Crippen molar-refractivity contribution in [3.63, 3.8) is 0 Å². The van der Waals surface area contributed by atoms with Gasteiger partial charge in [0.15, 0.2) is 0 Å². The highest BCUT2D eigenvalue weighted by Gasteiger charge is 2.35. The number of hydrogen-bond donors (Lipinski definition) is 1. The number of nitrogens with two attached hydrogens (primary N) is 1. The minimum Gasteiger partial charge on any atom is -0.374 e. The molecule has 0 amide bonds. The Hall–Kier alpha value is -0.160. The Kier molecular flexibility index (Phi) is 5.63. The molecule has 2 fully saturated rings. The average molecular weight is 269 g/mol. The van der Waals surface area contributed by atoms with Gasteiger partial charge in [-0.3, -0.25) is 4.90 Å². The number of morpholine rings is 1. The summed E-state index contributed by atoms with van der Waals surface area (Å²) in [6.07, 6.45) is 8.25. The summed E-state index contributed by atoms with van der Waals surface area (Å²) >= 11 is 0. The van der Waals surface area contributed by atoms with E-state index in [9.17, 15) is 0 Å². The van der Waals surface area contributed by atoms with Crippen molar-refractivity contribution < 1.29 is 4.74 Å². The molecule has 1 atom stereocenters. The Morgan fingerprint density at radius 3 is 2.53 bits per heavy atom. The lowest BCUT2D eigenvalue weighted by Crippen LogP contribution is -2.56. The summed E-state index contributed by atoms with van der Waals surface area (Å²) in [4.78, 5) is 4.87. The van der Waals surface area contributed by atoms with Crippen LogP contribution in [0.3, 0.4) is 0 Å². The summed E-state index contributed by atoms with van der Waals surface area (Å²) in [5.74, 6) is 0. The van der Waals surface area contributed by atoms with Crippen LogP contribution in [-0.4, -0.2) is 68.3 Å². The third-order valence-corrected chi connectivity index (χ3v) is 5.04. The molecule has 0 aromatic rings. The first-order valence-electron chi connectivity index (χ1n) is 7.88. The third-order valence-electron chi connectivity index (χ3n) is 5.04. The van der Waals surface area contributed by atoms with Gasteiger partial charge in [-0.15, -0.1) is 0 Å². The van der Waals surface area contributed by atoms with Gasteiger partial charge in [0.05, 0.1) is 12.7 Å². The van der Waals surface area contributed by atoms with Gasteiger partial charge in [0.25, 0.3) is 0 Å². The molecule has 2 aliphatic rings. The number of hydrogen-bond acceptors (Lipinski definition) is 4. The first kappa shape index (κ1) is 15.2. The number of ether oxygens (including phenoxy) is 1. The smallest absolute Gasteiger partial charge is 0.0829 e. The van der Waals surface area contributed by atoms with Crippen LogP contribution < -0.4 is 5.73 Å². The van der Waals surface area contributed by atoms with Gasteiger partial charge in [0.2, 0.25) is 0 Å². The van der Waals surface area contributed by atoms with E-state index in [1.54, 1.807) is 0 Å². The van der Waals surface area contributed by atoms with Crippen molar-refractivity contribution in [2.75, 3.05) is 46.9 Å². The van der Waals surface area contributed by atoms with Gasteiger partial charge in [0, 0.05) is 31.7 Å². The molecule has 0 aromatic heterocycles. The summed E-state index contributed by atoms with van der Waals surface area (Å²) in [7, 11) is 4.43. The van der Waals surface area contributed by atoms with E-state index in [0.717, 1.165) is 32.8 Å². The predicted octanol–water partition coefficient (Wildman–Crippen LogP) is 1.30. The second-order valence-electron chi connectivity index (χ2n) is 6.48. The number of likely N-dealkylation sites (N-methyl/N-ethyl adjacent to an activating group) is 2. The van der Waals surface area contributed by atoms with Crippen LogP contribution >= 0.6 is 0 Å². The summed E-state index contributed by atoms with van der Waals surface area (Å²) in [5, 5.41) is 0. The quantitative estimate of drug-likeness (QED) is 0.781. The van der Waals surface area contributed by atoms with Crippen molar-refractivity contribution in [1.29, 1.82) is 0 Å². The lowest BCUT2D eigenvalue weighted by molar-refractivity contribution is -0.0494. The maximum absolute atomic E-state index is 6.15. The molecular formula is C15H31N3O. The lowest BCUT2D eigenvalue weighted by Gasteiger charge is -2.43. The Balaban J connectivity index is 1.93. The summed E-state index contributed by atoms with van der Waals surface area (Å²) in [6.45, 7) is 4.77. The molecule has 19 heavy (non-hydrogen) atoms. The molecule has 1 saturated carbocycles. The van der Waals surface area contributed by atoms with E-state index in [2.05, 4.69) is 23.9 Å². The maximum Gasteiger partial charge on any atom is 0.0829 e. The molecule has 1 aliphatic heterocycles. The van der Waals surface area contributed by atoms with Crippen LogP contribution in [0.25, 0.3) is 0 Å². The van der Waals surface area contributed by atoms with E-state index >= 15 is 0 Å². The largest absolute Gasteiger partial charge is 0.374 e. The van der Waals surface area contributed by atoms with Crippen molar-refractivity contribution in [3.05, 3.63) is 0 Å². The van der Waals surface area contributed by atoms with E-state index < -0.39 is 0 Å². The molecule has 0 spiro atoms. The monoisotopic (exact) mass is 269 g/mol. The van der Waals surface area contributed by atoms with Crippen molar-refractivity contribution in [3.8, 4) is 0 Å². The summed E-state index contributed by atoms with van der Waals surface area (Å²) in [5.41, 5.74) is 6.37. The van der Waals surface area contributed by atoms with E-state index in [-0.39, 0.29) is 5.54 Å². The molecule has 2 N–H and O–H groups in total. The van der Waals surface area contributed by atoms with Crippen LogP contribution in [0.1, 0.15) is 38.5 Å². The van der Waals surface area contributed by atoms with Crippen LogP contribution in [0.5, 0.6) is 0 Å². The molecule has 112 valence electrons. The summed E-state index contributed by atoms with van der Waals surface area (Å²) < 4.78 is 5.91. The van der Waals surface area contributed by atoms with Crippen molar-refractivity contribution in [2.45, 2.75) is 50.2 Å². The molecule has 4 heteroatoms. The molecular weight excluding hydrogens is 238 g/mol. The molecule has 1 unspecified atom stereocenters. The molecule has 0 bridgehead atoms. The minimum absolute atomic E-state index is 0.218. The van der Waals surface area contributed by atoms with Gasteiger partial charge >= 0.3 is 0 Å². The maximum atomic E-state index is 6.15. The zero-order valence-corrected chi connectivity index (χ0v) is 12.7. The van der Waals surface area contributed by atoms with Crippen LogP contribution in [-0.2, 0) is 4.74 Å². The fourth-order valence-corrected chi connectivity index (χ4v) is 3.60. The normalized spacial score (nSPS) is 29.4. The molecule has 0 aromatic carbocycles. The Bertz CT molecular complexity index is 264. The molecule has 1 saturated heterocycles. The number of nitrogens with zero attached hydrogens (tertiary/aromatic N) is 2. The Morgan fingerprint density at radius 1 is 1.26 bits per heavy atom. The first-order valence-corrected chi connectivity index (χ1v) is 7.88. The van der Waals surface area contributed by atoms with E-state index in [4.69, 9.17) is 10.5 Å². The molecule has 2 rings (SSSR count). The zero-order chi connectivity index (χ0) is 13.7. The van der Waals surface area contributed by atoms with Gasteiger partial charge in [-0.25, -0.2) is 0 Å². The fraction of sp³-hybridized carbons (Fsp3) is 1.00. The van der Waals surface area contributed by atoms with E-state index in [1.165, 1.54) is 38.5 Å². The minimum atomic E-state index is 0.218. The predicted molar refractivity (Wildman–Crippen MR) is 79.4 cm³/mol. The van der Waals surface area contributed by atoms with E-state index in [0.29, 0.717) is 6.10 Å². The standard InChI is InChI=1S/C15H31N3O/c1-17-9-10-19-14(11-17)12-18(2)15(13-16)7-5-3-4-6-8-15/h14H,3-13,16H2,1-2H3. The second-order valence-corrected chi connectivity index (χ2v) is 6.48. The van der Waals surface area contributed by atoms with Crippen LogP contribution in [0.4, 0.5) is 0 Å². The Morgan fingerprint density at radius 2 is 1.95 bits per heavy atom. The number of rotatable bonds is 4. The molecule has 1 aliphatic carbocycles. The first-order chi connectivity index (χ1) is 9.16. The Labute approximate surface area is 118 Å². The van der Waals surface area contributed by atoms with Crippen molar-refractivity contribution in [1.82, 2.24) is 9.80 Å². The van der Waals surface area contributed by atoms with Gasteiger partial charge in [-0.2, -0.15) is 0 Å². The van der Waals surface area contributed by atoms with Gasteiger partial charge < -0.3 is 15.4 Å². The third kappa shape index (κ3) is 3.91. The van der Waals surface area contributed by atoms with Gasteiger partial charge in [0.1, 0.15) is 0 Å². The highest BCUT2D eigenvalue weighted by Crippen LogP contribution is 2.31. The van der Waals surface area contributed by atoms with Crippen molar-refractivity contribution >= 4 is 0 Å². The highest BCUT2D eigenvalue weighted by atomic mass is 16.5. The topological polar surface area (TPSA) is 41.7 Å². The van der Waals surface area contributed by atoms with Crippen LogP contribution in [0.15, 0.2) is 0 Å². The second kappa shape index (κ2) is 7.02. The van der Waals surface area contributed by atoms with Crippen molar-refractivity contribution in [2.24, 2.45) is 5.73 Å². The van der Waals surface area contributed by atoms with Crippen LogP contribution in [0, 0.1) is 0 Å².